The molecule has 1 aliphatic rings. The minimum Gasteiger partial charge on any atom is -0.368 e. The van der Waals surface area contributed by atoms with Crippen LogP contribution in [0.3, 0.4) is 0 Å². The second-order valence-corrected chi connectivity index (χ2v) is 6.55. The van der Waals surface area contributed by atoms with Crippen molar-refractivity contribution in [3.05, 3.63) is 45.9 Å². The molecule has 2 heterocycles. The van der Waals surface area contributed by atoms with Gasteiger partial charge in [-0.1, -0.05) is 29.3 Å². The number of nitrogens with zero attached hydrogens (tertiary/aromatic N) is 2. The zero-order valence-corrected chi connectivity index (χ0v) is 15.0. The number of rotatable bonds is 6. The van der Waals surface area contributed by atoms with E-state index < -0.39 is 0 Å². The minimum absolute atomic E-state index is 0.176. The summed E-state index contributed by atoms with van der Waals surface area (Å²) < 4.78 is 5.33. The van der Waals surface area contributed by atoms with Crippen molar-refractivity contribution in [3.8, 4) is 0 Å². The Balaban J connectivity index is 1.48. The van der Waals surface area contributed by atoms with E-state index in [9.17, 15) is 4.79 Å². The Kier molecular flexibility index (Phi) is 6.07. The summed E-state index contributed by atoms with van der Waals surface area (Å²) in [5.41, 5.74) is 1.01. The molecule has 132 valence electrons. The monoisotopic (exact) mass is 380 g/mol. The maximum atomic E-state index is 11.9. The lowest BCUT2D eigenvalue weighted by Crippen LogP contribution is -2.27. The number of nitrogens with one attached hydrogen (secondary N) is 2. The van der Waals surface area contributed by atoms with E-state index in [1.165, 1.54) is 0 Å². The van der Waals surface area contributed by atoms with E-state index in [0.29, 0.717) is 34.8 Å². The highest BCUT2D eigenvalue weighted by atomic mass is 35.5. The van der Waals surface area contributed by atoms with E-state index in [-0.39, 0.29) is 12.0 Å². The molecule has 1 aromatic carbocycles. The standard InChI is InChI=1S/C17H18Cl2N4O2/c18-12-4-3-11(13(19)10-12)7-8-20-15-5-6-16(23-22-15)21-17(24)14-2-1-9-25-14/h3-6,10,14H,1-2,7-9H2,(H,20,22)(H,21,23,24). The molecule has 2 N–H and O–H groups in total. The first kappa shape index (κ1) is 17.9. The van der Waals surface area contributed by atoms with E-state index in [1.54, 1.807) is 18.2 Å². The molecule has 1 fully saturated rings. The van der Waals surface area contributed by atoms with E-state index >= 15 is 0 Å². The Bertz CT molecular complexity index is 734. The third-order valence-corrected chi connectivity index (χ3v) is 4.44. The van der Waals surface area contributed by atoms with Crippen LogP contribution in [0.25, 0.3) is 0 Å². The van der Waals surface area contributed by atoms with Crippen molar-refractivity contribution in [2.45, 2.75) is 25.4 Å². The molecule has 0 aliphatic carbocycles. The number of hydrogen-bond donors (Lipinski definition) is 2. The number of carbonyl (C=O) groups is 1. The number of halogens is 2. The van der Waals surface area contributed by atoms with Crippen LogP contribution < -0.4 is 10.6 Å². The van der Waals surface area contributed by atoms with Crippen molar-refractivity contribution in [1.29, 1.82) is 0 Å². The Morgan fingerprint density at radius 2 is 2.00 bits per heavy atom. The van der Waals surface area contributed by atoms with Crippen molar-refractivity contribution >= 4 is 40.7 Å². The van der Waals surface area contributed by atoms with Gasteiger partial charge in [0, 0.05) is 23.2 Å². The van der Waals surface area contributed by atoms with Gasteiger partial charge in [-0.05, 0) is 49.1 Å². The fourth-order valence-corrected chi connectivity index (χ4v) is 3.04. The number of ether oxygens (including phenoxy) is 1. The lowest BCUT2D eigenvalue weighted by Gasteiger charge is -2.10. The largest absolute Gasteiger partial charge is 0.368 e. The molecular formula is C17H18Cl2N4O2. The number of anilines is 2. The SMILES string of the molecule is O=C(Nc1ccc(NCCc2ccc(Cl)cc2Cl)nn1)C1CCCO1. The minimum atomic E-state index is -0.385. The number of carbonyl (C=O) groups excluding carboxylic acids is 1. The van der Waals surface area contributed by atoms with Gasteiger partial charge < -0.3 is 15.4 Å². The smallest absolute Gasteiger partial charge is 0.254 e. The van der Waals surface area contributed by atoms with Gasteiger partial charge in [0.2, 0.25) is 0 Å². The van der Waals surface area contributed by atoms with Crippen LogP contribution in [0.15, 0.2) is 30.3 Å². The number of benzene rings is 1. The van der Waals surface area contributed by atoms with Gasteiger partial charge in [0.25, 0.3) is 5.91 Å². The van der Waals surface area contributed by atoms with Gasteiger partial charge in [0.1, 0.15) is 11.9 Å². The van der Waals surface area contributed by atoms with Crippen molar-refractivity contribution < 1.29 is 9.53 Å². The third-order valence-electron chi connectivity index (χ3n) is 3.85. The van der Waals surface area contributed by atoms with E-state index in [2.05, 4.69) is 20.8 Å². The van der Waals surface area contributed by atoms with Crippen LogP contribution in [0.5, 0.6) is 0 Å². The number of aromatic nitrogens is 2. The van der Waals surface area contributed by atoms with Crippen LogP contribution in [0, 0.1) is 0 Å². The van der Waals surface area contributed by atoms with Gasteiger partial charge in [-0.25, -0.2) is 0 Å². The Morgan fingerprint density at radius 3 is 2.68 bits per heavy atom. The zero-order valence-electron chi connectivity index (χ0n) is 13.5. The summed E-state index contributed by atoms with van der Waals surface area (Å²) in [6.45, 7) is 1.28. The van der Waals surface area contributed by atoms with Gasteiger partial charge in [-0.3, -0.25) is 4.79 Å². The molecular weight excluding hydrogens is 363 g/mol. The van der Waals surface area contributed by atoms with E-state index in [1.807, 2.05) is 12.1 Å². The second-order valence-electron chi connectivity index (χ2n) is 5.71. The molecule has 25 heavy (non-hydrogen) atoms. The summed E-state index contributed by atoms with van der Waals surface area (Å²) in [4.78, 5) is 11.9. The van der Waals surface area contributed by atoms with Crippen molar-refractivity contribution in [2.75, 3.05) is 23.8 Å². The topological polar surface area (TPSA) is 76.1 Å². The summed E-state index contributed by atoms with van der Waals surface area (Å²) in [7, 11) is 0. The summed E-state index contributed by atoms with van der Waals surface area (Å²) >= 11 is 12.0. The van der Waals surface area contributed by atoms with Gasteiger partial charge in [-0.2, -0.15) is 0 Å². The van der Waals surface area contributed by atoms with Crippen LogP contribution in [0.4, 0.5) is 11.6 Å². The van der Waals surface area contributed by atoms with Crippen molar-refractivity contribution in [2.24, 2.45) is 0 Å². The van der Waals surface area contributed by atoms with Crippen LogP contribution in [0.1, 0.15) is 18.4 Å². The van der Waals surface area contributed by atoms with Crippen molar-refractivity contribution in [1.82, 2.24) is 10.2 Å². The van der Waals surface area contributed by atoms with E-state index in [0.717, 1.165) is 24.8 Å². The molecule has 1 aliphatic heterocycles. The predicted octanol–water partition coefficient (Wildman–Crippen LogP) is 3.56. The molecule has 1 atom stereocenters. The van der Waals surface area contributed by atoms with Crippen LogP contribution in [0.2, 0.25) is 10.0 Å². The van der Waals surface area contributed by atoms with Crippen molar-refractivity contribution in [3.63, 3.8) is 0 Å². The first-order valence-corrected chi connectivity index (χ1v) is 8.81. The maximum absolute atomic E-state index is 11.9. The van der Waals surface area contributed by atoms with Gasteiger partial charge in [0.05, 0.1) is 0 Å². The highest BCUT2D eigenvalue weighted by Gasteiger charge is 2.23. The summed E-state index contributed by atoms with van der Waals surface area (Å²) in [5.74, 6) is 0.858. The Hall–Kier alpha value is -1.89. The summed E-state index contributed by atoms with van der Waals surface area (Å²) in [5, 5.41) is 15.2. The molecule has 2 aromatic rings. The molecule has 1 amide bonds. The van der Waals surface area contributed by atoms with Gasteiger partial charge in [0.15, 0.2) is 5.82 Å². The molecule has 6 nitrogen and oxygen atoms in total. The van der Waals surface area contributed by atoms with Gasteiger partial charge in [-0.15, -0.1) is 10.2 Å². The normalized spacial score (nSPS) is 16.6. The molecule has 8 heteroatoms. The summed E-state index contributed by atoms with van der Waals surface area (Å²) in [6, 6.07) is 8.92. The van der Waals surface area contributed by atoms with E-state index in [4.69, 9.17) is 27.9 Å². The highest BCUT2D eigenvalue weighted by Crippen LogP contribution is 2.21. The predicted molar refractivity (Wildman–Crippen MR) is 98.3 cm³/mol. The average molecular weight is 381 g/mol. The Labute approximate surface area is 155 Å². The molecule has 0 spiro atoms. The number of amides is 1. The molecule has 0 bridgehead atoms. The van der Waals surface area contributed by atoms with Crippen LogP contribution in [-0.2, 0) is 16.0 Å². The fourth-order valence-electron chi connectivity index (χ4n) is 2.53. The molecule has 1 aromatic heterocycles. The lowest BCUT2D eigenvalue weighted by molar-refractivity contribution is -0.124. The molecule has 0 radical (unpaired) electrons. The highest BCUT2D eigenvalue weighted by molar-refractivity contribution is 6.35. The third kappa shape index (κ3) is 5.04. The average Bonchev–Trinajstić information content (AvgIpc) is 3.13. The molecule has 0 saturated carbocycles. The molecule has 1 saturated heterocycles. The summed E-state index contributed by atoms with van der Waals surface area (Å²) in [6.07, 6.45) is 2.00. The molecule has 1 unspecified atom stereocenters. The number of hydrogen-bond acceptors (Lipinski definition) is 5. The first-order chi connectivity index (χ1) is 12.1. The van der Waals surface area contributed by atoms with Crippen LogP contribution >= 0.6 is 23.2 Å². The Morgan fingerprint density at radius 1 is 1.20 bits per heavy atom. The second kappa shape index (κ2) is 8.47. The molecule has 3 rings (SSSR count). The fraction of sp³-hybridized carbons (Fsp3) is 0.353. The van der Waals surface area contributed by atoms with Gasteiger partial charge >= 0.3 is 0 Å². The maximum Gasteiger partial charge on any atom is 0.254 e. The quantitative estimate of drug-likeness (QED) is 0.800. The zero-order chi connectivity index (χ0) is 17.6. The van der Waals surface area contributed by atoms with Crippen LogP contribution in [-0.4, -0.2) is 35.4 Å². The first-order valence-electron chi connectivity index (χ1n) is 8.06. The lowest BCUT2D eigenvalue weighted by atomic mass is 10.1.